The molecule has 3 rings (SSSR count). The zero-order valence-electron chi connectivity index (χ0n) is 16.9. The van der Waals surface area contributed by atoms with E-state index in [2.05, 4.69) is 11.9 Å². The molecule has 0 aliphatic heterocycles. The van der Waals surface area contributed by atoms with Crippen molar-refractivity contribution in [3.8, 4) is 17.0 Å². The van der Waals surface area contributed by atoms with Crippen molar-refractivity contribution >= 4 is 5.91 Å². The zero-order chi connectivity index (χ0) is 20.1. The summed E-state index contributed by atoms with van der Waals surface area (Å²) < 4.78 is 5.73. The number of benzene rings is 2. The van der Waals surface area contributed by atoms with Gasteiger partial charge in [0, 0.05) is 23.9 Å². The van der Waals surface area contributed by atoms with E-state index in [0.29, 0.717) is 18.7 Å². The Labute approximate surface area is 166 Å². The fourth-order valence-corrected chi connectivity index (χ4v) is 3.06. The largest absolute Gasteiger partial charge is 0.492 e. The van der Waals surface area contributed by atoms with Crippen LogP contribution >= 0.6 is 0 Å². The zero-order valence-corrected chi connectivity index (χ0v) is 16.9. The smallest absolute Gasteiger partial charge is 0.253 e. The van der Waals surface area contributed by atoms with Gasteiger partial charge in [-0.1, -0.05) is 29.8 Å². The van der Waals surface area contributed by atoms with Crippen LogP contribution in [0.2, 0.25) is 0 Å². The monoisotopic (exact) mass is 374 g/mol. The van der Waals surface area contributed by atoms with Crippen LogP contribution in [-0.4, -0.2) is 36.0 Å². The summed E-state index contributed by atoms with van der Waals surface area (Å²) in [6.45, 7) is 7.03. The van der Waals surface area contributed by atoms with Crippen molar-refractivity contribution in [1.29, 1.82) is 0 Å². The number of ether oxygens (including phenoxy) is 1. The number of nitrogens with zero attached hydrogens (tertiary/aromatic N) is 2. The second-order valence-electron chi connectivity index (χ2n) is 7.14. The molecule has 0 saturated heterocycles. The number of rotatable bonds is 6. The normalized spacial score (nSPS) is 10.6. The molecule has 2 aromatic carbocycles. The van der Waals surface area contributed by atoms with E-state index in [1.54, 1.807) is 11.9 Å². The number of hydrogen-bond donors (Lipinski definition) is 0. The Morgan fingerprint density at radius 3 is 2.43 bits per heavy atom. The lowest BCUT2D eigenvalue weighted by molar-refractivity contribution is 0.0774. The van der Waals surface area contributed by atoms with Gasteiger partial charge in [-0.3, -0.25) is 9.78 Å². The second kappa shape index (κ2) is 8.70. The van der Waals surface area contributed by atoms with Crippen LogP contribution in [0.25, 0.3) is 11.3 Å². The molecule has 0 bridgehead atoms. The molecule has 1 aromatic heterocycles. The molecule has 0 aliphatic rings. The molecule has 0 aliphatic carbocycles. The third-order valence-corrected chi connectivity index (χ3v) is 4.57. The Morgan fingerprint density at radius 2 is 1.71 bits per heavy atom. The third kappa shape index (κ3) is 4.97. The van der Waals surface area contributed by atoms with Gasteiger partial charge in [0.1, 0.15) is 12.4 Å². The van der Waals surface area contributed by atoms with Gasteiger partial charge in [-0.05, 0) is 62.7 Å². The summed E-state index contributed by atoms with van der Waals surface area (Å²) in [7, 11) is 1.79. The van der Waals surface area contributed by atoms with Gasteiger partial charge in [0.2, 0.25) is 0 Å². The minimum atomic E-state index is -0.0290. The van der Waals surface area contributed by atoms with Crippen LogP contribution in [0.5, 0.6) is 5.75 Å². The van der Waals surface area contributed by atoms with Gasteiger partial charge >= 0.3 is 0 Å². The maximum atomic E-state index is 12.8. The lowest BCUT2D eigenvalue weighted by Gasteiger charge is -2.18. The summed E-state index contributed by atoms with van der Waals surface area (Å²) >= 11 is 0. The van der Waals surface area contributed by atoms with Crippen LogP contribution in [0.15, 0.2) is 60.7 Å². The van der Waals surface area contributed by atoms with E-state index in [-0.39, 0.29) is 5.91 Å². The van der Waals surface area contributed by atoms with Crippen molar-refractivity contribution in [3.63, 3.8) is 0 Å². The van der Waals surface area contributed by atoms with Crippen LogP contribution in [0.4, 0.5) is 0 Å². The minimum Gasteiger partial charge on any atom is -0.492 e. The molecule has 1 heterocycles. The van der Waals surface area contributed by atoms with Crippen LogP contribution in [0.3, 0.4) is 0 Å². The molecule has 1 amide bonds. The Bertz CT molecular complexity index is 944. The van der Waals surface area contributed by atoms with Gasteiger partial charge in [0.05, 0.1) is 12.2 Å². The van der Waals surface area contributed by atoms with E-state index in [0.717, 1.165) is 28.3 Å². The summed E-state index contributed by atoms with van der Waals surface area (Å²) in [6, 6.07) is 19.6. The fraction of sp³-hybridized carbons (Fsp3) is 0.250. The van der Waals surface area contributed by atoms with E-state index in [1.165, 1.54) is 5.56 Å². The van der Waals surface area contributed by atoms with E-state index < -0.39 is 0 Å². The first-order chi connectivity index (χ1) is 13.4. The first-order valence-electron chi connectivity index (χ1n) is 9.43. The molecule has 0 radical (unpaired) electrons. The molecule has 0 unspecified atom stereocenters. The molecule has 144 valence electrons. The number of hydrogen-bond acceptors (Lipinski definition) is 3. The van der Waals surface area contributed by atoms with Crippen LogP contribution in [0, 0.1) is 20.8 Å². The maximum absolute atomic E-state index is 12.8. The Morgan fingerprint density at radius 1 is 0.964 bits per heavy atom. The van der Waals surface area contributed by atoms with Crippen molar-refractivity contribution in [2.24, 2.45) is 0 Å². The van der Waals surface area contributed by atoms with Gasteiger partial charge in [0.15, 0.2) is 0 Å². The lowest BCUT2D eigenvalue weighted by Crippen LogP contribution is -2.30. The van der Waals surface area contributed by atoms with Crippen molar-refractivity contribution in [2.75, 3.05) is 20.2 Å². The molecular formula is C24H26N2O2. The van der Waals surface area contributed by atoms with Crippen molar-refractivity contribution < 1.29 is 9.53 Å². The van der Waals surface area contributed by atoms with Gasteiger partial charge < -0.3 is 9.64 Å². The highest BCUT2D eigenvalue weighted by Crippen LogP contribution is 2.21. The summed E-state index contributed by atoms with van der Waals surface area (Å²) in [5.74, 6) is 0.785. The predicted molar refractivity (Wildman–Crippen MR) is 113 cm³/mol. The number of aryl methyl sites for hydroxylation is 3. The molecule has 0 fully saturated rings. The van der Waals surface area contributed by atoms with Crippen LogP contribution in [0.1, 0.15) is 27.2 Å². The summed E-state index contributed by atoms with van der Waals surface area (Å²) in [6.07, 6.45) is 0. The van der Waals surface area contributed by atoms with Crippen LogP contribution < -0.4 is 4.74 Å². The van der Waals surface area contributed by atoms with Crippen LogP contribution in [-0.2, 0) is 0 Å². The molecule has 0 saturated carbocycles. The fourth-order valence-electron chi connectivity index (χ4n) is 3.06. The van der Waals surface area contributed by atoms with E-state index >= 15 is 0 Å². The van der Waals surface area contributed by atoms with Crippen molar-refractivity contribution in [3.05, 3.63) is 83.0 Å². The number of aromatic nitrogens is 1. The average molecular weight is 374 g/mol. The SMILES string of the molecule is Cc1ccc(OCCN(C)C(=O)c2cccc(-c3cc(C)cc(C)n3)c2)cc1. The standard InChI is InChI=1S/C24H26N2O2/c1-17-8-10-22(11-9-17)28-13-12-26(4)24(27)21-7-5-6-20(16-21)23-15-18(2)14-19(3)25-23/h5-11,14-16H,12-13H2,1-4H3. The van der Waals surface area contributed by atoms with E-state index in [9.17, 15) is 4.79 Å². The highest BCUT2D eigenvalue weighted by molar-refractivity contribution is 5.95. The highest BCUT2D eigenvalue weighted by atomic mass is 16.5. The van der Waals surface area contributed by atoms with Crippen molar-refractivity contribution in [2.45, 2.75) is 20.8 Å². The number of likely N-dealkylation sites (N-methyl/N-ethyl adjacent to an activating group) is 1. The maximum Gasteiger partial charge on any atom is 0.253 e. The molecular weight excluding hydrogens is 348 g/mol. The Kier molecular flexibility index (Phi) is 6.09. The van der Waals surface area contributed by atoms with Crippen molar-refractivity contribution in [1.82, 2.24) is 9.88 Å². The first kappa shape index (κ1) is 19.6. The molecule has 4 nitrogen and oxygen atoms in total. The average Bonchev–Trinajstić information content (AvgIpc) is 2.68. The third-order valence-electron chi connectivity index (χ3n) is 4.57. The van der Waals surface area contributed by atoms with E-state index in [4.69, 9.17) is 4.74 Å². The molecule has 0 spiro atoms. The van der Waals surface area contributed by atoms with E-state index in [1.807, 2.05) is 74.5 Å². The van der Waals surface area contributed by atoms with Gasteiger partial charge in [0.25, 0.3) is 5.91 Å². The summed E-state index contributed by atoms with van der Waals surface area (Å²) in [5, 5.41) is 0. The minimum absolute atomic E-state index is 0.0290. The number of pyridine rings is 1. The Hall–Kier alpha value is -3.14. The number of amides is 1. The first-order valence-corrected chi connectivity index (χ1v) is 9.43. The highest BCUT2D eigenvalue weighted by Gasteiger charge is 2.13. The molecule has 3 aromatic rings. The van der Waals surface area contributed by atoms with Gasteiger partial charge in [-0.2, -0.15) is 0 Å². The lowest BCUT2D eigenvalue weighted by atomic mass is 10.0. The topological polar surface area (TPSA) is 42.4 Å². The molecule has 28 heavy (non-hydrogen) atoms. The predicted octanol–water partition coefficient (Wildman–Crippen LogP) is 4.82. The number of carbonyl (C=O) groups is 1. The van der Waals surface area contributed by atoms with Gasteiger partial charge in [-0.15, -0.1) is 0 Å². The molecule has 0 N–H and O–H groups in total. The molecule has 0 atom stereocenters. The second-order valence-corrected chi connectivity index (χ2v) is 7.14. The quantitative estimate of drug-likeness (QED) is 0.621. The summed E-state index contributed by atoms with van der Waals surface area (Å²) in [4.78, 5) is 19.1. The summed E-state index contributed by atoms with van der Waals surface area (Å²) in [5.41, 5.74) is 5.80. The van der Waals surface area contributed by atoms with Gasteiger partial charge in [-0.25, -0.2) is 0 Å². The Balaban J connectivity index is 1.65. The number of carbonyl (C=O) groups excluding carboxylic acids is 1. The molecule has 4 heteroatoms.